The van der Waals surface area contributed by atoms with Gasteiger partial charge in [0.15, 0.2) is 17.5 Å². The van der Waals surface area contributed by atoms with Crippen molar-refractivity contribution in [2.45, 2.75) is 0 Å². The summed E-state index contributed by atoms with van der Waals surface area (Å²) < 4.78 is 111. The highest BCUT2D eigenvalue weighted by Gasteiger charge is 2.21. The smallest absolute Gasteiger partial charge is 0.166 e. The molecule has 3 aromatic heterocycles. The Morgan fingerprint density at radius 3 is 1.91 bits per heavy atom. The minimum Gasteiger partial charge on any atom is -0.309 e. The van der Waals surface area contributed by atoms with E-state index in [4.69, 9.17) is 24.5 Å². The molecule has 5 heteroatoms. The lowest BCUT2D eigenvalue weighted by atomic mass is 10.0. The first-order valence-electron chi connectivity index (χ1n) is 23.8. The van der Waals surface area contributed by atoms with E-state index in [9.17, 15) is 6.85 Å². The maximum Gasteiger partial charge on any atom is 0.166 e. The molecular formula is C51H32N4S. The molecule has 0 atom stereocenters. The predicted molar refractivity (Wildman–Crippen MR) is 234 cm³/mol. The fourth-order valence-corrected chi connectivity index (χ4v) is 8.33. The second kappa shape index (κ2) is 13.3. The molecule has 0 fully saturated rings. The Morgan fingerprint density at radius 1 is 0.411 bits per heavy atom. The Hall–Kier alpha value is -7.21. The van der Waals surface area contributed by atoms with Gasteiger partial charge in [0.1, 0.15) is 0 Å². The Kier molecular flexibility index (Phi) is 5.27. The van der Waals surface area contributed by atoms with Gasteiger partial charge < -0.3 is 4.57 Å². The van der Waals surface area contributed by atoms with Crippen LogP contribution in [0.4, 0.5) is 0 Å². The lowest BCUT2D eigenvalue weighted by Gasteiger charge is -2.16. The topological polar surface area (TPSA) is 43.6 Å². The van der Waals surface area contributed by atoms with Crippen LogP contribution in [-0.2, 0) is 0 Å². The quantitative estimate of drug-likeness (QED) is 0.170. The Balaban J connectivity index is 1.27. The number of rotatable bonds is 6. The lowest BCUT2D eigenvalue weighted by Crippen LogP contribution is -2.04. The average Bonchev–Trinajstić information content (AvgIpc) is 3.93. The number of hydrogen-bond acceptors (Lipinski definition) is 4. The van der Waals surface area contributed by atoms with Crippen molar-refractivity contribution in [2.75, 3.05) is 0 Å². The number of para-hydroxylation sites is 1. The number of benzene rings is 8. The van der Waals surface area contributed by atoms with Crippen LogP contribution in [0.2, 0.25) is 0 Å². The Labute approximate surface area is 344 Å². The minimum atomic E-state index is -0.700. The normalized spacial score (nSPS) is 14.6. The van der Waals surface area contributed by atoms with Gasteiger partial charge in [0.2, 0.25) is 0 Å². The molecule has 3 heterocycles. The van der Waals surface area contributed by atoms with Crippen LogP contribution >= 0.6 is 11.3 Å². The fourth-order valence-electron chi connectivity index (χ4n) is 7.18. The molecule has 11 rings (SSSR count). The van der Waals surface area contributed by atoms with Crippen LogP contribution in [-0.4, -0.2) is 19.5 Å². The van der Waals surface area contributed by atoms with E-state index in [2.05, 4.69) is 12.1 Å². The minimum absolute atomic E-state index is 0.118. The van der Waals surface area contributed by atoms with Crippen LogP contribution in [0.5, 0.6) is 0 Å². The summed E-state index contributed by atoms with van der Waals surface area (Å²) >= 11 is 1.65. The molecule has 0 radical (unpaired) electrons. The highest BCUT2D eigenvalue weighted by Crippen LogP contribution is 2.40. The first-order valence-corrected chi connectivity index (χ1v) is 18.6. The number of nitrogens with zero attached hydrogens (tertiary/aromatic N) is 4. The molecule has 0 N–H and O–H groups in total. The Bertz CT molecular complexity index is 3920. The third-order valence-electron chi connectivity index (χ3n) is 9.80. The van der Waals surface area contributed by atoms with E-state index in [1.165, 1.54) is 4.57 Å². The second-order valence-corrected chi connectivity index (χ2v) is 14.2. The van der Waals surface area contributed by atoms with Crippen molar-refractivity contribution in [3.8, 4) is 62.1 Å². The zero-order valence-corrected chi connectivity index (χ0v) is 30.1. The van der Waals surface area contributed by atoms with Crippen molar-refractivity contribution in [2.24, 2.45) is 0 Å². The van der Waals surface area contributed by atoms with E-state index >= 15 is 0 Å². The van der Waals surface area contributed by atoms with Gasteiger partial charge in [0.25, 0.3) is 0 Å². The predicted octanol–water partition coefficient (Wildman–Crippen LogP) is 13.7. The second-order valence-electron chi connectivity index (χ2n) is 13.1. The van der Waals surface area contributed by atoms with Crippen LogP contribution in [0.15, 0.2) is 194 Å². The van der Waals surface area contributed by atoms with Gasteiger partial charge in [-0.25, -0.2) is 15.0 Å². The zero-order chi connectivity index (χ0) is 47.4. The van der Waals surface area contributed by atoms with Gasteiger partial charge >= 0.3 is 0 Å². The molecule has 262 valence electrons. The summed E-state index contributed by atoms with van der Waals surface area (Å²) in [6.07, 6.45) is 0. The van der Waals surface area contributed by atoms with Crippen molar-refractivity contribution >= 4 is 53.3 Å². The third kappa shape index (κ3) is 5.48. The number of aromatic nitrogens is 4. The van der Waals surface area contributed by atoms with Crippen molar-refractivity contribution in [3.63, 3.8) is 0 Å². The molecule has 56 heavy (non-hydrogen) atoms. The van der Waals surface area contributed by atoms with Gasteiger partial charge in [0, 0.05) is 47.6 Å². The highest BCUT2D eigenvalue weighted by molar-refractivity contribution is 7.25. The molecule has 0 amide bonds. The van der Waals surface area contributed by atoms with Gasteiger partial charge in [-0.15, -0.1) is 11.3 Å². The number of hydrogen-bond donors (Lipinski definition) is 0. The van der Waals surface area contributed by atoms with Crippen molar-refractivity contribution < 1.29 is 16.4 Å². The van der Waals surface area contributed by atoms with Gasteiger partial charge in [0.05, 0.1) is 33.2 Å². The molecule has 0 saturated heterocycles. The molecule has 0 saturated carbocycles. The lowest BCUT2D eigenvalue weighted by molar-refractivity contribution is 1.07. The van der Waals surface area contributed by atoms with E-state index in [-0.39, 0.29) is 33.3 Å². The van der Waals surface area contributed by atoms with E-state index in [0.717, 1.165) is 31.3 Å². The summed E-state index contributed by atoms with van der Waals surface area (Å²) in [4.78, 5) is 15.3. The van der Waals surface area contributed by atoms with Gasteiger partial charge in [-0.05, 0) is 64.6 Å². The van der Waals surface area contributed by atoms with E-state index in [1.807, 2.05) is 103 Å². The summed E-state index contributed by atoms with van der Waals surface area (Å²) in [6.45, 7) is 0. The molecule has 11 aromatic rings. The fraction of sp³-hybridized carbons (Fsp3) is 0. The van der Waals surface area contributed by atoms with Crippen LogP contribution in [0.3, 0.4) is 0 Å². The monoisotopic (exact) mass is 744 g/mol. The summed E-state index contributed by atoms with van der Waals surface area (Å²) in [6, 6.07) is 31.2. The van der Waals surface area contributed by atoms with Gasteiger partial charge in [-0.2, -0.15) is 0 Å². The molecule has 0 spiro atoms. The average molecular weight is 745 g/mol. The van der Waals surface area contributed by atoms with Crippen molar-refractivity contribution in [1.82, 2.24) is 19.5 Å². The maximum absolute atomic E-state index is 9.72. The van der Waals surface area contributed by atoms with Crippen LogP contribution in [0, 0.1) is 0 Å². The summed E-state index contributed by atoms with van der Waals surface area (Å²) in [5.41, 5.74) is 2.39. The molecule has 0 unspecified atom stereocenters. The van der Waals surface area contributed by atoms with Gasteiger partial charge in [-0.3, -0.25) is 0 Å². The van der Waals surface area contributed by atoms with E-state index in [0.29, 0.717) is 28.3 Å². The molecule has 0 aliphatic rings. The SMILES string of the molecule is [2H]c1c([2H])c([2H])c(-c2c([2H])c([2H])c3c(c2[2H])c2c([2H])c([2H])c([2H])c([2H])c2n3-c2ccc(-c3ccccc3)cc2-c2nc(-c3ccccc3)nc(-c3ccc4c(c3)sc3ccccc34)n2)c([2H])c1[2H]. The summed E-state index contributed by atoms with van der Waals surface area (Å²) in [7, 11) is 0. The highest BCUT2D eigenvalue weighted by atomic mass is 32.1. The number of thiophene rings is 1. The van der Waals surface area contributed by atoms with Crippen LogP contribution in [0.1, 0.15) is 16.4 Å². The Morgan fingerprint density at radius 2 is 1.07 bits per heavy atom. The maximum atomic E-state index is 9.72. The zero-order valence-electron chi connectivity index (χ0n) is 41.2. The van der Waals surface area contributed by atoms with E-state index < -0.39 is 83.6 Å². The first-order chi connectivity index (χ1) is 32.7. The van der Waals surface area contributed by atoms with Crippen molar-refractivity contribution in [1.29, 1.82) is 0 Å². The summed E-state index contributed by atoms with van der Waals surface area (Å²) in [5, 5.41) is 1.89. The molecule has 0 aliphatic carbocycles. The van der Waals surface area contributed by atoms with Gasteiger partial charge in [-0.1, -0.05) is 151 Å². The molecule has 8 aromatic carbocycles. The first kappa shape index (κ1) is 22.2. The molecule has 0 aliphatic heterocycles. The number of fused-ring (bicyclic) bond motifs is 6. The largest absolute Gasteiger partial charge is 0.309 e. The molecule has 0 bridgehead atoms. The van der Waals surface area contributed by atoms with Crippen LogP contribution < -0.4 is 0 Å². The van der Waals surface area contributed by atoms with Crippen LogP contribution in [0.25, 0.3) is 104 Å². The standard InChI is InChI=1S/C51H32N4S/c1-4-14-33(15-5-1)36-25-28-45-42(30-36)39-20-10-12-22-44(39)55(45)46-29-26-37(34-16-6-2-7-17-34)31-43(46)51-53-49(35-18-8-3-9-19-35)52-50(54-51)38-24-27-41-40-21-11-13-23-47(40)56-48(41)32-38/h1-32H/i1D,4D,5D,10D,12D,14D,15D,20D,22D,25D,28D,30D. The summed E-state index contributed by atoms with van der Waals surface area (Å²) in [5.74, 6) is 0.863. The molecular weight excluding hydrogens is 701 g/mol. The molecule has 4 nitrogen and oxygen atoms in total. The third-order valence-corrected chi connectivity index (χ3v) is 10.9. The van der Waals surface area contributed by atoms with E-state index in [1.54, 1.807) is 17.4 Å². The van der Waals surface area contributed by atoms with Crippen molar-refractivity contribution in [3.05, 3.63) is 194 Å².